The van der Waals surface area contributed by atoms with Gasteiger partial charge in [0.25, 0.3) is 5.91 Å². The van der Waals surface area contributed by atoms with Crippen molar-refractivity contribution in [2.45, 2.75) is 6.92 Å². The molecular weight excluding hydrogens is 284 g/mol. The molecule has 2 aromatic rings. The zero-order valence-corrected chi connectivity index (χ0v) is 12.1. The molecule has 0 unspecified atom stereocenters. The van der Waals surface area contributed by atoms with Gasteiger partial charge in [-0.15, -0.1) is 11.3 Å². The molecule has 0 saturated carbocycles. The van der Waals surface area contributed by atoms with Gasteiger partial charge in [-0.2, -0.15) is 0 Å². The highest BCUT2D eigenvalue weighted by Gasteiger charge is 2.12. The third-order valence-corrected chi connectivity index (χ3v) is 3.95. The first-order valence-electron chi connectivity index (χ1n) is 5.52. The zero-order chi connectivity index (χ0) is 14.0. The molecule has 0 aliphatic carbocycles. The summed E-state index contributed by atoms with van der Waals surface area (Å²) in [5.41, 5.74) is 6.97. The van der Waals surface area contributed by atoms with Gasteiger partial charge in [0.05, 0.1) is 17.0 Å². The minimum atomic E-state index is -0.203. The van der Waals surface area contributed by atoms with Crippen molar-refractivity contribution in [1.82, 2.24) is 0 Å². The number of ether oxygens (including phenoxy) is 1. The Morgan fingerprint density at radius 1 is 1.42 bits per heavy atom. The number of aryl methyl sites for hydroxylation is 1. The van der Waals surface area contributed by atoms with Crippen LogP contribution in [0, 0.1) is 6.92 Å². The van der Waals surface area contributed by atoms with Crippen molar-refractivity contribution >= 4 is 40.2 Å². The molecule has 19 heavy (non-hydrogen) atoms. The van der Waals surface area contributed by atoms with E-state index in [4.69, 9.17) is 22.1 Å². The Hall–Kier alpha value is -1.72. The molecule has 6 heteroatoms. The third kappa shape index (κ3) is 3.00. The van der Waals surface area contributed by atoms with Gasteiger partial charge in [-0.05, 0) is 31.2 Å². The maximum atomic E-state index is 12.0. The van der Waals surface area contributed by atoms with Crippen LogP contribution in [0.4, 0.5) is 11.4 Å². The fourth-order valence-corrected chi connectivity index (χ4v) is 2.64. The summed E-state index contributed by atoms with van der Waals surface area (Å²) < 4.78 is 5.05. The molecule has 100 valence electrons. The summed E-state index contributed by atoms with van der Waals surface area (Å²) in [6, 6.07) is 6.74. The van der Waals surface area contributed by atoms with Gasteiger partial charge in [-0.3, -0.25) is 4.79 Å². The Morgan fingerprint density at radius 3 is 2.68 bits per heavy atom. The van der Waals surface area contributed by atoms with Crippen molar-refractivity contribution in [2.24, 2.45) is 0 Å². The first-order chi connectivity index (χ1) is 9.01. The van der Waals surface area contributed by atoms with E-state index in [1.807, 2.05) is 6.92 Å². The van der Waals surface area contributed by atoms with Crippen molar-refractivity contribution in [3.63, 3.8) is 0 Å². The highest BCUT2D eigenvalue weighted by Crippen LogP contribution is 2.28. The third-order valence-electron chi connectivity index (χ3n) is 2.59. The molecule has 1 aromatic heterocycles. The summed E-state index contributed by atoms with van der Waals surface area (Å²) >= 11 is 7.35. The number of nitrogen functional groups attached to an aromatic ring is 1. The van der Waals surface area contributed by atoms with Gasteiger partial charge >= 0.3 is 0 Å². The van der Waals surface area contributed by atoms with Gasteiger partial charge < -0.3 is 15.8 Å². The first-order valence-corrected chi connectivity index (χ1v) is 6.71. The highest BCUT2D eigenvalue weighted by molar-refractivity contribution is 7.14. The van der Waals surface area contributed by atoms with Crippen LogP contribution in [0.3, 0.4) is 0 Å². The lowest BCUT2D eigenvalue weighted by atomic mass is 10.3. The molecule has 0 saturated heterocycles. The molecule has 0 fully saturated rings. The van der Waals surface area contributed by atoms with Crippen LogP contribution in [0.5, 0.6) is 5.75 Å². The Kier molecular flexibility index (Phi) is 3.97. The van der Waals surface area contributed by atoms with Gasteiger partial charge in [-0.25, -0.2) is 0 Å². The fourth-order valence-electron chi connectivity index (χ4n) is 1.54. The summed E-state index contributed by atoms with van der Waals surface area (Å²) in [5, 5.41) is 3.21. The molecule has 0 radical (unpaired) electrons. The number of benzene rings is 1. The van der Waals surface area contributed by atoms with Crippen molar-refractivity contribution in [3.8, 4) is 5.75 Å². The molecule has 3 N–H and O–H groups in total. The monoisotopic (exact) mass is 296 g/mol. The van der Waals surface area contributed by atoms with E-state index in [1.54, 1.807) is 24.3 Å². The molecule has 0 bridgehead atoms. The summed E-state index contributed by atoms with van der Waals surface area (Å²) in [7, 11) is 1.54. The van der Waals surface area contributed by atoms with Gasteiger partial charge in [0.2, 0.25) is 0 Å². The largest absolute Gasteiger partial charge is 0.495 e. The van der Waals surface area contributed by atoms with E-state index in [9.17, 15) is 4.79 Å². The molecule has 2 rings (SSSR count). The summed E-state index contributed by atoms with van der Waals surface area (Å²) in [6.45, 7) is 1.88. The number of amides is 1. The fraction of sp³-hybridized carbons (Fsp3) is 0.154. The summed E-state index contributed by atoms with van der Waals surface area (Å²) in [5.74, 6) is 0.363. The molecule has 0 atom stereocenters. The van der Waals surface area contributed by atoms with E-state index in [0.29, 0.717) is 27.0 Å². The number of rotatable bonds is 3. The Balaban J connectivity index is 2.17. The average Bonchev–Trinajstić information content (AvgIpc) is 2.70. The summed E-state index contributed by atoms with van der Waals surface area (Å²) in [6.07, 6.45) is 0. The minimum absolute atomic E-state index is 0.203. The molecule has 0 spiro atoms. The first kappa shape index (κ1) is 13.7. The zero-order valence-electron chi connectivity index (χ0n) is 10.5. The maximum Gasteiger partial charge on any atom is 0.265 e. The number of anilines is 2. The number of nitrogens with one attached hydrogen (secondary N) is 1. The SMILES string of the molecule is COc1ccc(NC(=O)c2cc(N)c(C)s2)cc1Cl. The van der Waals surface area contributed by atoms with Gasteiger partial charge in [0, 0.05) is 16.3 Å². The quantitative estimate of drug-likeness (QED) is 0.910. The topological polar surface area (TPSA) is 64.3 Å². The predicted octanol–water partition coefficient (Wildman–Crippen LogP) is 3.55. The van der Waals surface area contributed by atoms with Gasteiger partial charge in [0.15, 0.2) is 0 Å². The van der Waals surface area contributed by atoms with Crippen LogP contribution < -0.4 is 15.8 Å². The van der Waals surface area contributed by atoms with Crippen LogP contribution in [-0.2, 0) is 0 Å². The van der Waals surface area contributed by atoms with Crippen molar-refractivity contribution in [2.75, 3.05) is 18.2 Å². The van der Waals surface area contributed by atoms with Crippen LogP contribution >= 0.6 is 22.9 Å². The van der Waals surface area contributed by atoms with E-state index in [-0.39, 0.29) is 5.91 Å². The molecule has 1 aromatic carbocycles. The molecule has 1 amide bonds. The minimum Gasteiger partial charge on any atom is -0.495 e. The second-order valence-corrected chi connectivity index (χ2v) is 5.59. The normalized spacial score (nSPS) is 10.3. The smallest absolute Gasteiger partial charge is 0.265 e. The van der Waals surface area contributed by atoms with Crippen molar-refractivity contribution < 1.29 is 9.53 Å². The molecule has 0 aliphatic heterocycles. The number of hydrogen-bond donors (Lipinski definition) is 2. The van der Waals surface area contributed by atoms with Gasteiger partial charge in [-0.1, -0.05) is 11.6 Å². The molecule has 0 aliphatic rings. The second kappa shape index (κ2) is 5.50. The van der Waals surface area contributed by atoms with Crippen LogP contribution in [0.1, 0.15) is 14.5 Å². The maximum absolute atomic E-state index is 12.0. The van der Waals surface area contributed by atoms with Crippen LogP contribution in [0.2, 0.25) is 5.02 Å². The number of methoxy groups -OCH3 is 1. The standard InChI is InChI=1S/C13H13ClN2O2S/c1-7-10(15)6-12(19-7)13(17)16-8-3-4-11(18-2)9(14)5-8/h3-6H,15H2,1-2H3,(H,16,17). The Bertz CT molecular complexity index is 606. The van der Waals surface area contributed by atoms with Crippen molar-refractivity contribution in [3.05, 3.63) is 39.0 Å². The number of hydrogen-bond acceptors (Lipinski definition) is 4. The van der Waals surface area contributed by atoms with E-state index < -0.39 is 0 Å². The Labute approximate surface area is 120 Å². The lowest BCUT2D eigenvalue weighted by molar-refractivity contribution is 0.103. The lowest BCUT2D eigenvalue weighted by Gasteiger charge is -2.07. The van der Waals surface area contributed by atoms with Crippen molar-refractivity contribution in [1.29, 1.82) is 0 Å². The number of halogens is 1. The van der Waals surface area contributed by atoms with E-state index in [2.05, 4.69) is 5.32 Å². The van der Waals surface area contributed by atoms with E-state index in [1.165, 1.54) is 18.4 Å². The van der Waals surface area contributed by atoms with Gasteiger partial charge in [0.1, 0.15) is 5.75 Å². The van der Waals surface area contributed by atoms with Crippen LogP contribution in [-0.4, -0.2) is 13.0 Å². The molecule has 4 nitrogen and oxygen atoms in total. The highest BCUT2D eigenvalue weighted by atomic mass is 35.5. The number of carbonyl (C=O) groups is 1. The second-order valence-electron chi connectivity index (χ2n) is 3.93. The van der Waals surface area contributed by atoms with E-state index in [0.717, 1.165) is 4.88 Å². The number of thiophene rings is 1. The molecular formula is C13H13ClN2O2S. The summed E-state index contributed by atoms with van der Waals surface area (Å²) in [4.78, 5) is 13.5. The number of carbonyl (C=O) groups excluding carboxylic acids is 1. The molecule has 1 heterocycles. The van der Waals surface area contributed by atoms with E-state index >= 15 is 0 Å². The predicted molar refractivity (Wildman–Crippen MR) is 79.4 cm³/mol. The van der Waals surface area contributed by atoms with Crippen LogP contribution in [0.25, 0.3) is 0 Å². The lowest BCUT2D eigenvalue weighted by Crippen LogP contribution is -2.10. The number of nitrogens with two attached hydrogens (primary N) is 1. The Morgan fingerprint density at radius 2 is 2.16 bits per heavy atom. The van der Waals surface area contributed by atoms with Crippen LogP contribution in [0.15, 0.2) is 24.3 Å². The average molecular weight is 297 g/mol.